The fourth-order valence-electron chi connectivity index (χ4n) is 0.988. The molecule has 0 aromatic heterocycles. The summed E-state index contributed by atoms with van der Waals surface area (Å²) < 4.78 is 26.2. The molecule has 8 heteroatoms. The molecule has 0 radical (unpaired) electrons. The van der Waals surface area contributed by atoms with Crippen LogP contribution in [0, 0.1) is 0 Å². The molecule has 0 saturated carbocycles. The molecule has 0 fully saturated rings. The number of esters is 1. The average Bonchev–Trinajstić information content (AvgIpc) is 2.32. The third kappa shape index (κ3) is 6.71. The molecular formula is C9H20O6Si2. The molecule has 0 amide bonds. The maximum Gasteiger partial charge on any atom is 0.668 e. The number of carbonyl (C=O) groups excluding carboxylic acids is 1. The van der Waals surface area contributed by atoms with Crippen LogP contribution in [0.15, 0.2) is 12.7 Å². The normalized spacial score (nSPS) is 11.6. The highest BCUT2D eigenvalue weighted by Gasteiger charge is 2.43. The summed E-state index contributed by atoms with van der Waals surface area (Å²) in [6, 6.07) is 0. The van der Waals surface area contributed by atoms with Gasteiger partial charge in [-0.3, -0.25) is 0 Å². The first-order chi connectivity index (χ1) is 7.99. The highest BCUT2D eigenvalue weighted by atomic mass is 28.4. The molecule has 0 aliphatic rings. The summed E-state index contributed by atoms with van der Waals surface area (Å²) in [5.41, 5.74) is 0. The minimum atomic E-state index is -3.04. The van der Waals surface area contributed by atoms with Gasteiger partial charge in [-0.1, -0.05) is 6.58 Å². The van der Waals surface area contributed by atoms with Crippen molar-refractivity contribution >= 4 is 24.1 Å². The predicted molar refractivity (Wildman–Crippen MR) is 66.8 cm³/mol. The van der Waals surface area contributed by atoms with Crippen molar-refractivity contribution in [2.75, 3.05) is 27.4 Å². The van der Waals surface area contributed by atoms with E-state index in [9.17, 15) is 4.79 Å². The summed E-state index contributed by atoms with van der Waals surface area (Å²) in [4.78, 5) is 10.8. The Morgan fingerprint density at radius 3 is 2.29 bits per heavy atom. The van der Waals surface area contributed by atoms with Gasteiger partial charge < -0.3 is 22.1 Å². The molecule has 0 N–H and O–H groups in total. The lowest BCUT2D eigenvalue weighted by Crippen LogP contribution is -2.50. The van der Waals surface area contributed by atoms with Gasteiger partial charge in [0.05, 0.1) is 6.61 Å². The fourth-order valence-corrected chi connectivity index (χ4v) is 5.08. The average molecular weight is 280 g/mol. The number of carbonyl (C=O) groups is 1. The van der Waals surface area contributed by atoms with E-state index in [0.29, 0.717) is 0 Å². The van der Waals surface area contributed by atoms with Crippen LogP contribution in [0.25, 0.3) is 0 Å². The van der Waals surface area contributed by atoms with Gasteiger partial charge in [0.1, 0.15) is 6.61 Å². The highest BCUT2D eigenvalue weighted by Crippen LogP contribution is 2.10. The Morgan fingerprint density at radius 1 is 1.29 bits per heavy atom. The van der Waals surface area contributed by atoms with Crippen LogP contribution in [-0.2, 0) is 26.9 Å². The summed E-state index contributed by atoms with van der Waals surface area (Å²) in [7, 11) is -1.44. The van der Waals surface area contributed by atoms with E-state index >= 15 is 0 Å². The van der Waals surface area contributed by atoms with Crippen LogP contribution in [0.4, 0.5) is 0 Å². The molecule has 0 bridgehead atoms. The predicted octanol–water partition coefficient (Wildman–Crippen LogP) is 0.461. The Balaban J connectivity index is 4.08. The van der Waals surface area contributed by atoms with Gasteiger partial charge >= 0.3 is 15.0 Å². The number of rotatable bonds is 9. The zero-order valence-electron chi connectivity index (χ0n) is 10.7. The second kappa shape index (κ2) is 8.56. The van der Waals surface area contributed by atoms with Crippen molar-refractivity contribution in [1.29, 1.82) is 0 Å². The summed E-state index contributed by atoms with van der Waals surface area (Å²) >= 11 is 0. The number of ether oxygens (including phenoxy) is 1. The molecule has 0 spiro atoms. The minimum Gasteiger partial charge on any atom is -0.460 e. The molecule has 6 nitrogen and oxygen atoms in total. The minimum absolute atomic E-state index is 0.106. The third-order valence-corrected chi connectivity index (χ3v) is 6.25. The molecule has 0 atom stereocenters. The van der Waals surface area contributed by atoms with E-state index in [1.165, 1.54) is 14.2 Å². The van der Waals surface area contributed by atoms with Crippen LogP contribution in [0.1, 0.15) is 0 Å². The van der Waals surface area contributed by atoms with Gasteiger partial charge in [0.2, 0.25) is 0 Å². The Kier molecular flexibility index (Phi) is 8.30. The molecule has 17 heavy (non-hydrogen) atoms. The smallest absolute Gasteiger partial charge is 0.460 e. The van der Waals surface area contributed by atoms with Gasteiger partial charge in [-0.2, -0.15) is 0 Å². The van der Waals surface area contributed by atoms with Crippen LogP contribution < -0.4 is 0 Å². The molecule has 0 heterocycles. The number of hydrogen-bond acceptors (Lipinski definition) is 6. The maximum absolute atomic E-state index is 10.8. The summed E-state index contributed by atoms with van der Waals surface area (Å²) in [5, 5.41) is 0. The van der Waals surface area contributed by atoms with Crippen LogP contribution in [0.5, 0.6) is 0 Å². The van der Waals surface area contributed by atoms with Crippen LogP contribution in [0.3, 0.4) is 0 Å². The van der Waals surface area contributed by atoms with Crippen LogP contribution >= 0.6 is 0 Å². The maximum atomic E-state index is 10.8. The second-order valence-corrected chi connectivity index (χ2v) is 8.44. The standard InChI is InChI=1S/C9H20O6Si2/c1-6-9(10)13-7-8-14-17(11-2,12-3)15-16(4)5/h6,16H,1,7-8H2,2-5H3. The van der Waals surface area contributed by atoms with E-state index in [0.717, 1.165) is 6.08 Å². The molecule has 0 saturated heterocycles. The van der Waals surface area contributed by atoms with E-state index in [2.05, 4.69) is 6.58 Å². The molecule has 0 aliphatic carbocycles. The quantitative estimate of drug-likeness (QED) is 0.265. The first-order valence-corrected chi connectivity index (χ1v) is 9.62. The van der Waals surface area contributed by atoms with Crippen molar-refractivity contribution in [2.24, 2.45) is 0 Å². The third-order valence-electron chi connectivity index (χ3n) is 1.65. The van der Waals surface area contributed by atoms with E-state index in [1.54, 1.807) is 0 Å². The van der Waals surface area contributed by atoms with Crippen molar-refractivity contribution in [3.8, 4) is 0 Å². The monoisotopic (exact) mass is 280 g/mol. The largest absolute Gasteiger partial charge is 0.668 e. The van der Waals surface area contributed by atoms with Crippen molar-refractivity contribution in [2.45, 2.75) is 13.1 Å². The van der Waals surface area contributed by atoms with E-state index in [1.807, 2.05) is 13.1 Å². The first-order valence-electron chi connectivity index (χ1n) is 5.21. The zero-order valence-corrected chi connectivity index (χ0v) is 12.9. The van der Waals surface area contributed by atoms with Gasteiger partial charge in [-0.25, -0.2) is 4.79 Å². The Labute approximate surface area is 105 Å². The summed E-state index contributed by atoms with van der Waals surface area (Å²) in [6.45, 7) is 7.53. The lowest BCUT2D eigenvalue weighted by atomic mass is 10.6. The second-order valence-electron chi connectivity index (χ2n) is 3.29. The molecule has 0 aromatic carbocycles. The highest BCUT2D eigenvalue weighted by molar-refractivity contribution is 6.65. The van der Waals surface area contributed by atoms with Crippen molar-refractivity contribution in [3.63, 3.8) is 0 Å². The van der Waals surface area contributed by atoms with E-state index < -0.39 is 24.1 Å². The number of hydrogen-bond donors (Lipinski definition) is 0. The molecule has 0 unspecified atom stereocenters. The lowest BCUT2D eigenvalue weighted by Gasteiger charge is -2.26. The van der Waals surface area contributed by atoms with Crippen LogP contribution in [-0.4, -0.2) is 51.5 Å². The van der Waals surface area contributed by atoms with Gasteiger partial charge in [0.25, 0.3) is 0 Å². The van der Waals surface area contributed by atoms with Crippen molar-refractivity contribution < 1.29 is 26.9 Å². The van der Waals surface area contributed by atoms with E-state index in [-0.39, 0.29) is 13.2 Å². The van der Waals surface area contributed by atoms with Gasteiger partial charge in [0.15, 0.2) is 9.04 Å². The van der Waals surface area contributed by atoms with Crippen molar-refractivity contribution in [3.05, 3.63) is 12.7 Å². The van der Waals surface area contributed by atoms with Gasteiger partial charge in [-0.05, 0) is 13.1 Å². The molecule has 0 rings (SSSR count). The SMILES string of the molecule is C=CC(=O)OCCO[Si](OC)(OC)O[SiH](C)C. The van der Waals surface area contributed by atoms with Crippen LogP contribution in [0.2, 0.25) is 13.1 Å². The fraction of sp³-hybridized carbons (Fsp3) is 0.667. The Hall–Kier alpha value is -0.516. The zero-order chi connectivity index (χ0) is 13.3. The molecular weight excluding hydrogens is 260 g/mol. The molecule has 0 aromatic rings. The van der Waals surface area contributed by atoms with Crippen molar-refractivity contribution in [1.82, 2.24) is 0 Å². The van der Waals surface area contributed by atoms with Gasteiger partial charge in [0, 0.05) is 20.3 Å². The Morgan fingerprint density at radius 2 is 1.88 bits per heavy atom. The summed E-state index contributed by atoms with van der Waals surface area (Å²) in [5.74, 6) is -0.491. The topological polar surface area (TPSA) is 63.2 Å². The lowest BCUT2D eigenvalue weighted by molar-refractivity contribution is -0.139. The Bertz CT molecular complexity index is 242. The molecule has 0 aliphatic heterocycles. The van der Waals surface area contributed by atoms with Gasteiger partial charge in [-0.15, -0.1) is 0 Å². The summed E-state index contributed by atoms with van der Waals surface area (Å²) in [6.07, 6.45) is 1.09. The first kappa shape index (κ1) is 16.5. The molecule has 100 valence electrons. The van der Waals surface area contributed by atoms with E-state index in [4.69, 9.17) is 22.1 Å².